The van der Waals surface area contributed by atoms with Gasteiger partial charge in [-0.2, -0.15) is 0 Å². The first-order valence-electron chi connectivity index (χ1n) is 6.84. The molecule has 0 aliphatic carbocycles. The monoisotopic (exact) mass is 269 g/mol. The van der Waals surface area contributed by atoms with Crippen LogP contribution in [0.3, 0.4) is 0 Å². The first kappa shape index (κ1) is 12.9. The third-order valence-corrected chi connectivity index (χ3v) is 3.58. The van der Waals surface area contributed by atoms with E-state index in [4.69, 9.17) is 9.47 Å². The molecule has 2 aromatic carbocycles. The van der Waals surface area contributed by atoms with Crippen molar-refractivity contribution < 1.29 is 9.47 Å². The highest BCUT2D eigenvalue weighted by Crippen LogP contribution is 2.33. The number of benzene rings is 2. The summed E-state index contributed by atoms with van der Waals surface area (Å²) in [5.41, 5.74) is 6.27. The van der Waals surface area contributed by atoms with Crippen LogP contribution in [0.25, 0.3) is 0 Å². The van der Waals surface area contributed by atoms with Gasteiger partial charge in [0.25, 0.3) is 0 Å². The Morgan fingerprint density at radius 3 is 2.40 bits per heavy atom. The van der Waals surface area contributed by atoms with Crippen molar-refractivity contribution in [3.63, 3.8) is 0 Å². The van der Waals surface area contributed by atoms with E-state index in [2.05, 4.69) is 44.3 Å². The molecule has 3 nitrogen and oxygen atoms in total. The zero-order valence-electron chi connectivity index (χ0n) is 12.1. The quantitative estimate of drug-likeness (QED) is 0.915. The van der Waals surface area contributed by atoms with Gasteiger partial charge >= 0.3 is 0 Å². The maximum absolute atomic E-state index is 5.40. The van der Waals surface area contributed by atoms with Crippen LogP contribution < -0.4 is 14.8 Å². The lowest BCUT2D eigenvalue weighted by Gasteiger charge is -2.14. The molecule has 0 amide bonds. The van der Waals surface area contributed by atoms with Crippen molar-refractivity contribution in [2.24, 2.45) is 0 Å². The van der Waals surface area contributed by atoms with Gasteiger partial charge in [0, 0.05) is 12.2 Å². The molecule has 0 radical (unpaired) electrons. The van der Waals surface area contributed by atoms with Gasteiger partial charge in [-0.05, 0) is 49.6 Å². The second-order valence-electron chi connectivity index (χ2n) is 5.31. The summed E-state index contributed by atoms with van der Waals surface area (Å²) in [7, 11) is 0. The Hall–Kier alpha value is -2.16. The summed E-state index contributed by atoms with van der Waals surface area (Å²) in [6.07, 6.45) is 0. The smallest absolute Gasteiger partial charge is 0.231 e. The molecule has 1 N–H and O–H groups in total. The second-order valence-corrected chi connectivity index (χ2v) is 5.31. The number of rotatable bonds is 3. The van der Waals surface area contributed by atoms with Crippen LogP contribution in [0.15, 0.2) is 30.3 Å². The predicted molar refractivity (Wildman–Crippen MR) is 80.5 cm³/mol. The van der Waals surface area contributed by atoms with E-state index in [-0.39, 0.29) is 0 Å². The van der Waals surface area contributed by atoms with E-state index in [1.807, 2.05) is 12.1 Å². The molecule has 0 spiro atoms. The van der Waals surface area contributed by atoms with Crippen molar-refractivity contribution >= 4 is 5.69 Å². The highest BCUT2D eigenvalue weighted by Gasteiger charge is 2.13. The lowest BCUT2D eigenvalue weighted by atomic mass is 10.0. The van der Waals surface area contributed by atoms with Crippen molar-refractivity contribution in [3.05, 3.63) is 52.6 Å². The average Bonchev–Trinajstić information content (AvgIpc) is 2.84. The van der Waals surface area contributed by atoms with E-state index in [0.717, 1.165) is 18.0 Å². The number of nitrogens with one attached hydrogen (secondary N) is 1. The van der Waals surface area contributed by atoms with E-state index in [1.54, 1.807) is 0 Å². The first-order chi connectivity index (χ1) is 9.63. The van der Waals surface area contributed by atoms with Gasteiger partial charge in [-0.25, -0.2) is 0 Å². The molecular formula is C17H19NO2. The summed E-state index contributed by atoms with van der Waals surface area (Å²) in [5, 5.41) is 3.52. The summed E-state index contributed by atoms with van der Waals surface area (Å²) in [4.78, 5) is 0. The number of hydrogen-bond acceptors (Lipinski definition) is 3. The Kier molecular flexibility index (Phi) is 3.26. The van der Waals surface area contributed by atoms with Gasteiger partial charge in [-0.15, -0.1) is 0 Å². The van der Waals surface area contributed by atoms with Gasteiger partial charge in [0.2, 0.25) is 6.79 Å². The number of aryl methyl sites for hydroxylation is 3. The van der Waals surface area contributed by atoms with Crippen LogP contribution in [0.1, 0.15) is 22.3 Å². The van der Waals surface area contributed by atoms with Crippen LogP contribution in [0, 0.1) is 20.8 Å². The van der Waals surface area contributed by atoms with Gasteiger partial charge < -0.3 is 14.8 Å². The van der Waals surface area contributed by atoms with E-state index < -0.39 is 0 Å². The molecule has 104 valence electrons. The van der Waals surface area contributed by atoms with Crippen LogP contribution in [0.4, 0.5) is 5.69 Å². The van der Waals surface area contributed by atoms with Gasteiger partial charge in [-0.3, -0.25) is 0 Å². The Balaban J connectivity index is 1.77. The van der Waals surface area contributed by atoms with Crippen molar-refractivity contribution in [2.45, 2.75) is 27.3 Å². The lowest BCUT2D eigenvalue weighted by Crippen LogP contribution is -2.03. The Morgan fingerprint density at radius 1 is 0.950 bits per heavy atom. The highest BCUT2D eigenvalue weighted by molar-refractivity contribution is 5.58. The molecule has 0 unspecified atom stereocenters. The van der Waals surface area contributed by atoms with E-state index in [0.29, 0.717) is 6.79 Å². The molecule has 20 heavy (non-hydrogen) atoms. The minimum absolute atomic E-state index is 0.322. The van der Waals surface area contributed by atoms with Crippen molar-refractivity contribution in [1.82, 2.24) is 0 Å². The SMILES string of the molecule is Cc1cc(C)c(NCc2ccc3c(c2)OCO3)c(C)c1. The summed E-state index contributed by atoms with van der Waals surface area (Å²) >= 11 is 0. The summed E-state index contributed by atoms with van der Waals surface area (Å²) < 4.78 is 10.7. The zero-order valence-corrected chi connectivity index (χ0v) is 12.1. The van der Waals surface area contributed by atoms with Crippen LogP contribution in [0.2, 0.25) is 0 Å². The third-order valence-electron chi connectivity index (χ3n) is 3.58. The van der Waals surface area contributed by atoms with E-state index >= 15 is 0 Å². The Bertz CT molecular complexity index is 626. The van der Waals surface area contributed by atoms with Gasteiger partial charge in [-0.1, -0.05) is 23.8 Å². The fraction of sp³-hybridized carbons (Fsp3) is 0.294. The molecule has 0 aromatic heterocycles. The van der Waals surface area contributed by atoms with Gasteiger partial charge in [0.15, 0.2) is 11.5 Å². The Morgan fingerprint density at radius 2 is 1.65 bits per heavy atom. The van der Waals surface area contributed by atoms with Gasteiger partial charge in [0.05, 0.1) is 0 Å². The molecule has 0 saturated heterocycles. The van der Waals surface area contributed by atoms with Crippen molar-refractivity contribution in [2.75, 3.05) is 12.1 Å². The summed E-state index contributed by atoms with van der Waals surface area (Å²) in [5.74, 6) is 1.66. The number of fused-ring (bicyclic) bond motifs is 1. The highest BCUT2D eigenvalue weighted by atomic mass is 16.7. The predicted octanol–water partition coefficient (Wildman–Crippen LogP) is 3.95. The molecule has 1 aliphatic rings. The minimum atomic E-state index is 0.322. The average molecular weight is 269 g/mol. The number of anilines is 1. The van der Waals surface area contributed by atoms with Crippen LogP contribution in [-0.4, -0.2) is 6.79 Å². The minimum Gasteiger partial charge on any atom is -0.454 e. The molecule has 1 aliphatic heterocycles. The third kappa shape index (κ3) is 2.44. The molecule has 0 atom stereocenters. The molecule has 3 rings (SSSR count). The first-order valence-corrected chi connectivity index (χ1v) is 6.84. The van der Waals surface area contributed by atoms with Gasteiger partial charge in [0.1, 0.15) is 0 Å². The lowest BCUT2D eigenvalue weighted by molar-refractivity contribution is 0.174. The molecule has 2 aromatic rings. The molecule has 1 heterocycles. The maximum atomic E-state index is 5.40. The Labute approximate surface area is 119 Å². The van der Waals surface area contributed by atoms with Crippen molar-refractivity contribution in [3.8, 4) is 11.5 Å². The standard InChI is InChI=1S/C17H19NO2/c1-11-6-12(2)17(13(3)7-11)18-9-14-4-5-15-16(8-14)20-10-19-15/h4-8,18H,9-10H2,1-3H3. The fourth-order valence-corrected chi connectivity index (χ4v) is 2.70. The fourth-order valence-electron chi connectivity index (χ4n) is 2.70. The zero-order chi connectivity index (χ0) is 14.1. The van der Waals surface area contributed by atoms with Crippen LogP contribution in [0.5, 0.6) is 11.5 Å². The maximum Gasteiger partial charge on any atom is 0.231 e. The topological polar surface area (TPSA) is 30.5 Å². The largest absolute Gasteiger partial charge is 0.454 e. The van der Waals surface area contributed by atoms with E-state index in [1.165, 1.54) is 27.9 Å². The molecular weight excluding hydrogens is 250 g/mol. The second kappa shape index (κ2) is 5.08. The number of hydrogen-bond donors (Lipinski definition) is 1. The summed E-state index contributed by atoms with van der Waals surface area (Å²) in [6.45, 7) is 7.51. The summed E-state index contributed by atoms with van der Waals surface area (Å²) in [6, 6.07) is 10.5. The number of ether oxygens (including phenoxy) is 2. The molecule has 0 bridgehead atoms. The normalized spacial score (nSPS) is 12.6. The molecule has 0 fully saturated rings. The molecule has 3 heteroatoms. The van der Waals surface area contributed by atoms with Crippen LogP contribution in [-0.2, 0) is 6.54 Å². The van der Waals surface area contributed by atoms with Crippen molar-refractivity contribution in [1.29, 1.82) is 0 Å². The van der Waals surface area contributed by atoms with Crippen LogP contribution >= 0.6 is 0 Å². The molecule has 0 saturated carbocycles. The van der Waals surface area contributed by atoms with E-state index in [9.17, 15) is 0 Å².